The molecular formula is C21H21N7O3. The molecule has 1 aliphatic heterocycles. The first-order chi connectivity index (χ1) is 15.1. The fraction of sp³-hybridized carbons (Fsp3) is 0.238. The van der Waals surface area contributed by atoms with Crippen LogP contribution in [0.2, 0.25) is 0 Å². The number of urea groups is 1. The Kier molecular flexibility index (Phi) is 5.97. The Morgan fingerprint density at radius 1 is 1.16 bits per heavy atom. The summed E-state index contributed by atoms with van der Waals surface area (Å²) in [5.74, 6) is 1.32. The summed E-state index contributed by atoms with van der Waals surface area (Å²) in [6.45, 7) is 3.08. The third-order valence-electron chi connectivity index (χ3n) is 4.70. The second kappa shape index (κ2) is 9.16. The molecule has 3 heterocycles. The van der Waals surface area contributed by atoms with E-state index >= 15 is 0 Å². The van der Waals surface area contributed by atoms with Crippen molar-refractivity contribution in [1.29, 1.82) is 0 Å². The van der Waals surface area contributed by atoms with Crippen LogP contribution >= 0.6 is 0 Å². The molecule has 158 valence electrons. The van der Waals surface area contributed by atoms with Crippen molar-refractivity contribution in [3.8, 4) is 17.0 Å². The highest BCUT2D eigenvalue weighted by molar-refractivity contribution is 5.98. The Labute approximate surface area is 178 Å². The number of hydrogen-bond acceptors (Lipinski definition) is 7. The highest BCUT2D eigenvalue weighted by atomic mass is 16.5. The smallest absolute Gasteiger partial charge is 0.324 e. The number of amides is 3. The molecule has 1 fully saturated rings. The molecule has 4 rings (SSSR count). The number of benzene rings is 1. The highest BCUT2D eigenvalue weighted by Crippen LogP contribution is 2.26. The van der Waals surface area contributed by atoms with Crippen LogP contribution in [0.5, 0.6) is 5.75 Å². The minimum absolute atomic E-state index is 0.0681. The zero-order valence-corrected chi connectivity index (χ0v) is 16.8. The predicted molar refractivity (Wildman–Crippen MR) is 113 cm³/mol. The van der Waals surface area contributed by atoms with Gasteiger partial charge in [0.25, 0.3) is 0 Å². The lowest BCUT2D eigenvalue weighted by molar-refractivity contribution is -0.119. The number of nitrogens with zero attached hydrogens (tertiary/aromatic N) is 4. The molecule has 0 radical (unpaired) electrons. The lowest BCUT2D eigenvalue weighted by Gasteiger charge is -2.13. The standard InChI is InChI=1S/C21H21N7O3/c1-13-4-15(2-3-18(13)31-11-14-5-20(29)25-6-14)17-9-22-10-19(27-17)28-21(30)26-16-7-23-12-24-8-16/h2-4,7-10,12,14H,5-6,11H2,1H3,(H,25,29)(H2,26,27,28,30). The van der Waals surface area contributed by atoms with E-state index in [1.54, 1.807) is 6.20 Å². The van der Waals surface area contributed by atoms with E-state index in [9.17, 15) is 9.59 Å². The van der Waals surface area contributed by atoms with Crippen LogP contribution in [0.25, 0.3) is 11.3 Å². The number of aryl methyl sites for hydroxylation is 1. The number of nitrogens with one attached hydrogen (secondary N) is 3. The molecular weight excluding hydrogens is 398 g/mol. The van der Waals surface area contributed by atoms with Crippen molar-refractivity contribution in [3.63, 3.8) is 0 Å². The van der Waals surface area contributed by atoms with E-state index < -0.39 is 6.03 Å². The van der Waals surface area contributed by atoms with Crippen molar-refractivity contribution in [1.82, 2.24) is 25.3 Å². The predicted octanol–water partition coefficient (Wildman–Crippen LogP) is 2.40. The van der Waals surface area contributed by atoms with Gasteiger partial charge in [-0.05, 0) is 30.7 Å². The maximum absolute atomic E-state index is 12.1. The van der Waals surface area contributed by atoms with Gasteiger partial charge in [0, 0.05) is 24.4 Å². The summed E-state index contributed by atoms with van der Waals surface area (Å²) in [4.78, 5) is 39.8. The lowest BCUT2D eigenvalue weighted by atomic mass is 10.1. The van der Waals surface area contributed by atoms with Crippen LogP contribution in [-0.4, -0.2) is 45.0 Å². The first kappa shape index (κ1) is 20.2. The van der Waals surface area contributed by atoms with E-state index in [2.05, 4.69) is 35.9 Å². The summed E-state index contributed by atoms with van der Waals surface area (Å²) in [6.07, 6.45) is 7.94. The van der Waals surface area contributed by atoms with Crippen molar-refractivity contribution in [2.45, 2.75) is 13.3 Å². The number of aromatic nitrogens is 4. The van der Waals surface area contributed by atoms with Gasteiger partial charge >= 0.3 is 6.03 Å². The topological polar surface area (TPSA) is 131 Å². The molecule has 3 amide bonds. The van der Waals surface area contributed by atoms with E-state index in [0.29, 0.717) is 36.8 Å². The number of carbonyl (C=O) groups excluding carboxylic acids is 2. The second-order valence-corrected chi connectivity index (χ2v) is 7.16. The average molecular weight is 419 g/mol. The first-order valence-corrected chi connectivity index (χ1v) is 9.72. The SMILES string of the molecule is Cc1cc(-c2cncc(NC(=O)Nc3cncnc3)n2)ccc1OCC1CNC(=O)C1. The van der Waals surface area contributed by atoms with Crippen LogP contribution in [-0.2, 0) is 4.79 Å². The number of carbonyl (C=O) groups is 2. The van der Waals surface area contributed by atoms with Crippen molar-refractivity contribution < 1.29 is 14.3 Å². The Morgan fingerprint density at radius 2 is 2.00 bits per heavy atom. The molecule has 0 aliphatic carbocycles. The minimum Gasteiger partial charge on any atom is -0.493 e. The number of rotatable bonds is 6. The van der Waals surface area contributed by atoms with Gasteiger partial charge < -0.3 is 15.4 Å². The molecule has 0 saturated carbocycles. The number of hydrogen-bond donors (Lipinski definition) is 3. The van der Waals surface area contributed by atoms with E-state index in [0.717, 1.165) is 16.9 Å². The van der Waals surface area contributed by atoms with Crippen LogP contribution in [0.1, 0.15) is 12.0 Å². The highest BCUT2D eigenvalue weighted by Gasteiger charge is 2.22. The normalized spacial score (nSPS) is 15.3. The molecule has 0 spiro atoms. The van der Waals surface area contributed by atoms with E-state index in [1.807, 2.05) is 25.1 Å². The summed E-state index contributed by atoms with van der Waals surface area (Å²) in [5, 5.41) is 8.07. The molecule has 10 nitrogen and oxygen atoms in total. The molecule has 1 atom stereocenters. The van der Waals surface area contributed by atoms with Crippen molar-refractivity contribution in [2.24, 2.45) is 5.92 Å². The van der Waals surface area contributed by atoms with Gasteiger partial charge in [0.05, 0.1) is 42.8 Å². The van der Waals surface area contributed by atoms with Gasteiger partial charge in [-0.15, -0.1) is 0 Å². The summed E-state index contributed by atoms with van der Waals surface area (Å²) < 4.78 is 5.89. The van der Waals surface area contributed by atoms with Gasteiger partial charge in [-0.3, -0.25) is 15.1 Å². The molecule has 31 heavy (non-hydrogen) atoms. The Morgan fingerprint density at radius 3 is 2.74 bits per heavy atom. The number of ether oxygens (including phenoxy) is 1. The molecule has 3 N–H and O–H groups in total. The van der Waals surface area contributed by atoms with Gasteiger partial charge in [0.2, 0.25) is 5.91 Å². The summed E-state index contributed by atoms with van der Waals surface area (Å²) in [5.41, 5.74) is 2.86. The second-order valence-electron chi connectivity index (χ2n) is 7.16. The van der Waals surface area contributed by atoms with Gasteiger partial charge in [0.15, 0.2) is 5.82 Å². The van der Waals surface area contributed by atoms with Crippen LogP contribution in [0.3, 0.4) is 0 Å². The third-order valence-corrected chi connectivity index (χ3v) is 4.70. The summed E-state index contributed by atoms with van der Waals surface area (Å²) in [7, 11) is 0. The molecule has 1 aliphatic rings. The summed E-state index contributed by atoms with van der Waals surface area (Å²) in [6, 6.07) is 5.23. The maximum Gasteiger partial charge on any atom is 0.324 e. The van der Waals surface area contributed by atoms with Gasteiger partial charge in [-0.1, -0.05) is 0 Å². The molecule has 2 aromatic heterocycles. The van der Waals surface area contributed by atoms with E-state index in [1.165, 1.54) is 24.9 Å². The van der Waals surface area contributed by atoms with Gasteiger partial charge in [0.1, 0.15) is 12.1 Å². The van der Waals surface area contributed by atoms with Gasteiger partial charge in [-0.2, -0.15) is 0 Å². The summed E-state index contributed by atoms with van der Waals surface area (Å²) >= 11 is 0. The zero-order chi connectivity index (χ0) is 21.6. The minimum atomic E-state index is -0.471. The fourth-order valence-corrected chi connectivity index (χ4v) is 3.17. The molecule has 0 bridgehead atoms. The monoisotopic (exact) mass is 419 g/mol. The van der Waals surface area contributed by atoms with E-state index in [4.69, 9.17) is 4.74 Å². The van der Waals surface area contributed by atoms with Crippen LogP contribution in [0.15, 0.2) is 49.3 Å². The molecule has 1 saturated heterocycles. The van der Waals surface area contributed by atoms with Crippen molar-refractivity contribution in [2.75, 3.05) is 23.8 Å². The largest absolute Gasteiger partial charge is 0.493 e. The Balaban J connectivity index is 1.40. The fourth-order valence-electron chi connectivity index (χ4n) is 3.17. The number of anilines is 2. The quantitative estimate of drug-likeness (QED) is 0.559. The van der Waals surface area contributed by atoms with Crippen LogP contribution < -0.4 is 20.7 Å². The lowest BCUT2D eigenvalue weighted by Crippen LogP contribution is -2.20. The average Bonchev–Trinajstić information content (AvgIpc) is 3.19. The first-order valence-electron chi connectivity index (χ1n) is 9.72. The van der Waals surface area contributed by atoms with Crippen LogP contribution in [0, 0.1) is 12.8 Å². The van der Waals surface area contributed by atoms with Crippen LogP contribution in [0.4, 0.5) is 16.3 Å². The molecule has 1 unspecified atom stereocenters. The van der Waals surface area contributed by atoms with E-state index in [-0.39, 0.29) is 11.8 Å². The Hall–Kier alpha value is -4.08. The van der Waals surface area contributed by atoms with Crippen molar-refractivity contribution >= 4 is 23.4 Å². The molecule has 1 aromatic carbocycles. The maximum atomic E-state index is 12.1. The third kappa shape index (κ3) is 5.30. The molecule has 3 aromatic rings. The molecule has 10 heteroatoms. The zero-order valence-electron chi connectivity index (χ0n) is 16.8. The van der Waals surface area contributed by atoms with Crippen molar-refractivity contribution in [3.05, 3.63) is 54.9 Å². The Bertz CT molecular complexity index is 1090. The van der Waals surface area contributed by atoms with Gasteiger partial charge in [-0.25, -0.2) is 19.7 Å².